The first-order chi connectivity index (χ1) is 23.3. The Labute approximate surface area is 280 Å². The summed E-state index contributed by atoms with van der Waals surface area (Å²) in [4.78, 5) is 31.8. The highest BCUT2D eigenvalue weighted by atomic mass is 16.5. The molecule has 246 valence electrons. The lowest BCUT2D eigenvalue weighted by molar-refractivity contribution is 0.0612. The van der Waals surface area contributed by atoms with Gasteiger partial charge in [-0.2, -0.15) is 0 Å². The lowest BCUT2D eigenvalue weighted by Crippen LogP contribution is -2.26. The molecule has 3 aromatic carbocycles. The zero-order valence-electron chi connectivity index (χ0n) is 27.5. The van der Waals surface area contributed by atoms with Crippen LogP contribution in [0, 0.1) is 12.8 Å². The summed E-state index contributed by atoms with van der Waals surface area (Å²) in [5.41, 5.74) is 12.4. The van der Waals surface area contributed by atoms with Crippen LogP contribution in [0.4, 0.5) is 11.5 Å². The molecule has 3 N–H and O–H groups in total. The zero-order chi connectivity index (χ0) is 33.6. The first-order valence-electron chi connectivity index (χ1n) is 16.2. The summed E-state index contributed by atoms with van der Waals surface area (Å²) in [5, 5.41) is 2.93. The van der Waals surface area contributed by atoms with Gasteiger partial charge in [0.05, 0.1) is 13.7 Å². The van der Waals surface area contributed by atoms with Gasteiger partial charge in [-0.15, -0.1) is 0 Å². The largest absolute Gasteiger partial charge is 0.493 e. The summed E-state index contributed by atoms with van der Waals surface area (Å²) >= 11 is 0. The van der Waals surface area contributed by atoms with Crippen molar-refractivity contribution >= 4 is 17.4 Å². The number of hydrogen-bond acceptors (Lipinski definition) is 7. The number of anilines is 2. The number of carbonyl (C=O) groups excluding carboxylic acids is 1. The Morgan fingerprint density at radius 2 is 1.60 bits per heavy atom. The molecular formula is C39H40N4O5. The summed E-state index contributed by atoms with van der Waals surface area (Å²) in [7, 11) is 1.61. The van der Waals surface area contributed by atoms with Crippen LogP contribution in [0.25, 0.3) is 33.4 Å². The first kappa shape index (κ1) is 32.5. The number of pyridine rings is 2. The van der Waals surface area contributed by atoms with Crippen molar-refractivity contribution in [1.29, 1.82) is 0 Å². The van der Waals surface area contributed by atoms with E-state index in [1.165, 1.54) is 0 Å². The van der Waals surface area contributed by atoms with Crippen LogP contribution in [-0.4, -0.2) is 42.4 Å². The number of nitrogen functional groups attached to an aromatic ring is 1. The number of nitrogens with one attached hydrogen (secondary N) is 1. The molecule has 6 rings (SSSR count). The number of nitrogens with two attached hydrogens (primary N) is 1. The van der Waals surface area contributed by atoms with E-state index in [4.69, 9.17) is 19.9 Å². The third kappa shape index (κ3) is 7.26. The average Bonchev–Trinajstić information content (AvgIpc) is 3.10. The Kier molecular flexibility index (Phi) is 9.87. The van der Waals surface area contributed by atoms with E-state index in [1.807, 2.05) is 85.3 Å². The molecule has 5 aromatic rings. The fourth-order valence-electron chi connectivity index (χ4n) is 5.98. The molecule has 1 saturated heterocycles. The van der Waals surface area contributed by atoms with E-state index in [0.717, 1.165) is 59.4 Å². The second-order valence-electron chi connectivity index (χ2n) is 12.0. The van der Waals surface area contributed by atoms with Crippen molar-refractivity contribution in [3.63, 3.8) is 0 Å². The van der Waals surface area contributed by atoms with Gasteiger partial charge in [-0.1, -0.05) is 48.0 Å². The van der Waals surface area contributed by atoms with Crippen molar-refractivity contribution < 1.29 is 19.0 Å². The number of amides is 1. The zero-order valence-corrected chi connectivity index (χ0v) is 27.5. The summed E-state index contributed by atoms with van der Waals surface area (Å²) in [6, 6.07) is 22.8. The van der Waals surface area contributed by atoms with Crippen LogP contribution in [0.2, 0.25) is 0 Å². The Balaban J connectivity index is 1.26. The second-order valence-corrected chi connectivity index (χ2v) is 12.0. The number of benzene rings is 3. The maximum absolute atomic E-state index is 13.7. The van der Waals surface area contributed by atoms with Crippen LogP contribution in [0.5, 0.6) is 11.5 Å². The van der Waals surface area contributed by atoms with Crippen LogP contribution in [0.3, 0.4) is 0 Å². The van der Waals surface area contributed by atoms with E-state index < -0.39 is 5.91 Å². The van der Waals surface area contributed by atoms with E-state index in [0.29, 0.717) is 47.6 Å². The standard InChI is InChI=1S/C39H40N4O5/c1-4-48-36-20-29(11-14-35(36)46-3)30-19-32(38(40)41-21-30)27-9-12-31(13-10-27)42-39(45)34-24-43(22-26-15-17-47-18-16-26)23-33(37(34)44)28-7-5-25(2)6-8-28/h5-14,19-21,23-24,26H,4,15-18,22H2,1-3H3,(H2,40,41)(H,42,45). The minimum Gasteiger partial charge on any atom is -0.493 e. The maximum atomic E-state index is 13.7. The third-order valence-electron chi connectivity index (χ3n) is 8.67. The molecule has 0 radical (unpaired) electrons. The molecule has 0 spiro atoms. The van der Waals surface area contributed by atoms with Gasteiger partial charge in [0.25, 0.3) is 5.91 Å². The summed E-state index contributed by atoms with van der Waals surface area (Å²) in [6.07, 6.45) is 7.15. The molecule has 1 fully saturated rings. The smallest absolute Gasteiger partial charge is 0.261 e. The molecule has 48 heavy (non-hydrogen) atoms. The number of methoxy groups -OCH3 is 1. The lowest BCUT2D eigenvalue weighted by Gasteiger charge is -2.23. The van der Waals surface area contributed by atoms with Crippen LogP contribution in [-0.2, 0) is 11.3 Å². The highest BCUT2D eigenvalue weighted by Crippen LogP contribution is 2.35. The fraction of sp³-hybridized carbons (Fsp3) is 0.256. The Hall–Kier alpha value is -5.41. The van der Waals surface area contributed by atoms with Crippen LogP contribution >= 0.6 is 0 Å². The number of aryl methyl sites for hydroxylation is 1. The van der Waals surface area contributed by atoms with E-state index in [9.17, 15) is 9.59 Å². The van der Waals surface area contributed by atoms with Crippen molar-refractivity contribution in [3.05, 3.63) is 113 Å². The third-order valence-corrected chi connectivity index (χ3v) is 8.67. The van der Waals surface area contributed by atoms with Gasteiger partial charge in [0.2, 0.25) is 5.43 Å². The molecule has 9 heteroatoms. The summed E-state index contributed by atoms with van der Waals surface area (Å²) in [5.74, 6) is 1.63. The molecule has 1 aliphatic heterocycles. The van der Waals surface area contributed by atoms with Crippen molar-refractivity contribution in [2.75, 3.05) is 38.0 Å². The molecule has 3 heterocycles. The number of carbonyl (C=O) groups is 1. The van der Waals surface area contributed by atoms with E-state index in [-0.39, 0.29) is 11.0 Å². The number of rotatable bonds is 10. The number of nitrogens with zero attached hydrogens (tertiary/aromatic N) is 2. The van der Waals surface area contributed by atoms with Crippen LogP contribution in [0.15, 0.2) is 96.2 Å². The Bertz CT molecular complexity index is 1960. The highest BCUT2D eigenvalue weighted by molar-refractivity contribution is 6.04. The molecule has 2 aromatic heterocycles. The van der Waals surface area contributed by atoms with E-state index in [2.05, 4.69) is 10.3 Å². The minimum atomic E-state index is -0.463. The topological polar surface area (TPSA) is 118 Å². The van der Waals surface area contributed by atoms with Gasteiger partial charge in [-0.05, 0) is 79.6 Å². The molecule has 0 bridgehead atoms. The number of ether oxygens (including phenoxy) is 3. The van der Waals surface area contributed by atoms with Crippen molar-refractivity contribution in [2.24, 2.45) is 5.92 Å². The van der Waals surface area contributed by atoms with E-state index >= 15 is 0 Å². The Morgan fingerprint density at radius 1 is 0.917 bits per heavy atom. The summed E-state index contributed by atoms with van der Waals surface area (Å²) < 4.78 is 18.7. The van der Waals surface area contributed by atoms with Crippen LogP contribution in [0.1, 0.15) is 35.7 Å². The average molecular weight is 645 g/mol. The van der Waals surface area contributed by atoms with Crippen molar-refractivity contribution in [1.82, 2.24) is 9.55 Å². The van der Waals surface area contributed by atoms with Gasteiger partial charge < -0.3 is 29.8 Å². The van der Waals surface area contributed by atoms with Gasteiger partial charge in [-0.3, -0.25) is 9.59 Å². The second kappa shape index (κ2) is 14.6. The Morgan fingerprint density at radius 3 is 2.31 bits per heavy atom. The monoisotopic (exact) mass is 644 g/mol. The fourth-order valence-corrected chi connectivity index (χ4v) is 5.98. The highest BCUT2D eigenvalue weighted by Gasteiger charge is 2.20. The summed E-state index contributed by atoms with van der Waals surface area (Å²) in [6.45, 7) is 6.59. The van der Waals surface area contributed by atoms with Gasteiger partial charge in [0.15, 0.2) is 11.5 Å². The van der Waals surface area contributed by atoms with Crippen LogP contribution < -0.4 is 26.0 Å². The lowest BCUT2D eigenvalue weighted by atomic mass is 9.99. The maximum Gasteiger partial charge on any atom is 0.261 e. The normalized spacial score (nSPS) is 13.2. The van der Waals surface area contributed by atoms with Gasteiger partial charge >= 0.3 is 0 Å². The quantitative estimate of drug-likeness (QED) is 0.165. The molecule has 0 aliphatic carbocycles. The number of aromatic nitrogens is 2. The first-order valence-corrected chi connectivity index (χ1v) is 16.2. The minimum absolute atomic E-state index is 0.0938. The number of hydrogen-bond donors (Lipinski definition) is 2. The van der Waals surface area contributed by atoms with Gasteiger partial charge in [0.1, 0.15) is 11.4 Å². The molecule has 9 nitrogen and oxygen atoms in total. The van der Waals surface area contributed by atoms with Crippen molar-refractivity contribution in [2.45, 2.75) is 33.2 Å². The molecule has 0 saturated carbocycles. The predicted molar refractivity (Wildman–Crippen MR) is 190 cm³/mol. The van der Waals surface area contributed by atoms with E-state index in [1.54, 1.807) is 31.6 Å². The molecule has 1 aliphatic rings. The molecule has 0 atom stereocenters. The van der Waals surface area contributed by atoms with Gasteiger partial charge in [-0.25, -0.2) is 4.98 Å². The van der Waals surface area contributed by atoms with Crippen molar-refractivity contribution in [3.8, 4) is 44.9 Å². The molecule has 1 amide bonds. The predicted octanol–water partition coefficient (Wildman–Crippen LogP) is 7.22. The molecule has 0 unspecified atom stereocenters. The molecular weight excluding hydrogens is 604 g/mol. The van der Waals surface area contributed by atoms with Gasteiger partial charge in [0, 0.05) is 60.7 Å². The SMILES string of the molecule is CCOc1cc(-c2cnc(N)c(-c3ccc(NC(=O)c4cn(CC5CCOCC5)cc(-c5ccc(C)cc5)c4=O)cc3)c2)ccc1OC.